The second kappa shape index (κ2) is 4.90. The van der Waals surface area contributed by atoms with E-state index in [4.69, 9.17) is 11.6 Å². The molecule has 3 heteroatoms. The number of fused-ring (bicyclic) bond motifs is 1. The second-order valence-corrected chi connectivity index (χ2v) is 4.90. The molecular weight excluding hydrogens is 258 g/mol. The van der Waals surface area contributed by atoms with Crippen LogP contribution in [0.5, 0.6) is 0 Å². The third kappa shape index (κ3) is 2.40. The summed E-state index contributed by atoms with van der Waals surface area (Å²) >= 11 is 5.86. The molecule has 0 N–H and O–H groups in total. The third-order valence-corrected chi connectivity index (χ3v) is 3.40. The van der Waals surface area contributed by atoms with Gasteiger partial charge in [-0.15, -0.1) is 0 Å². The van der Waals surface area contributed by atoms with Crippen molar-refractivity contribution in [2.45, 2.75) is 6.54 Å². The van der Waals surface area contributed by atoms with Crippen LogP contribution in [0.1, 0.15) is 5.56 Å². The lowest BCUT2D eigenvalue weighted by atomic mass is 10.1. The highest BCUT2D eigenvalue weighted by atomic mass is 35.5. The predicted molar refractivity (Wildman–Crippen MR) is 78.8 cm³/mol. The van der Waals surface area contributed by atoms with Crippen molar-refractivity contribution in [3.63, 3.8) is 0 Å². The number of benzene rings is 2. The molecule has 2 nitrogen and oxygen atoms in total. The summed E-state index contributed by atoms with van der Waals surface area (Å²) in [4.78, 5) is 12.3. The summed E-state index contributed by atoms with van der Waals surface area (Å²) in [6.45, 7) is 0.556. The van der Waals surface area contributed by atoms with Gasteiger partial charge in [-0.2, -0.15) is 0 Å². The van der Waals surface area contributed by atoms with Gasteiger partial charge in [0, 0.05) is 16.6 Å². The summed E-state index contributed by atoms with van der Waals surface area (Å²) in [5.74, 6) is 0. The average Bonchev–Trinajstić information content (AvgIpc) is 2.45. The second-order valence-electron chi connectivity index (χ2n) is 4.46. The highest BCUT2D eigenvalue weighted by Crippen LogP contribution is 2.12. The Morgan fingerprint density at radius 1 is 0.947 bits per heavy atom. The van der Waals surface area contributed by atoms with Crippen molar-refractivity contribution in [2.75, 3.05) is 0 Å². The number of halogens is 1. The van der Waals surface area contributed by atoms with Gasteiger partial charge in [-0.3, -0.25) is 4.79 Å². The molecule has 0 saturated carbocycles. The Morgan fingerprint density at radius 2 is 1.68 bits per heavy atom. The Morgan fingerprint density at radius 3 is 2.47 bits per heavy atom. The summed E-state index contributed by atoms with van der Waals surface area (Å²) in [7, 11) is 0. The summed E-state index contributed by atoms with van der Waals surface area (Å²) in [5, 5.41) is 2.42. The number of hydrogen-bond acceptors (Lipinski definition) is 1. The molecule has 0 unspecified atom stereocenters. The van der Waals surface area contributed by atoms with Crippen LogP contribution in [-0.2, 0) is 6.54 Å². The Hall–Kier alpha value is -2.06. The molecule has 0 aliphatic rings. The zero-order valence-corrected chi connectivity index (χ0v) is 11.0. The molecule has 94 valence electrons. The van der Waals surface area contributed by atoms with Crippen molar-refractivity contribution in [2.24, 2.45) is 0 Å². The fraction of sp³-hybridized carbons (Fsp3) is 0.0625. The van der Waals surface area contributed by atoms with E-state index in [0.29, 0.717) is 11.6 Å². The van der Waals surface area contributed by atoms with Gasteiger partial charge in [0.15, 0.2) is 0 Å². The molecule has 1 aromatic heterocycles. The van der Waals surface area contributed by atoms with E-state index in [9.17, 15) is 4.79 Å². The summed E-state index contributed by atoms with van der Waals surface area (Å²) in [5.41, 5.74) is 1.09. The number of aromatic nitrogens is 1. The summed E-state index contributed by atoms with van der Waals surface area (Å²) in [6.07, 6.45) is 1.83. The van der Waals surface area contributed by atoms with Gasteiger partial charge in [0.2, 0.25) is 0 Å². The lowest BCUT2D eigenvalue weighted by molar-refractivity contribution is 0.768. The van der Waals surface area contributed by atoms with Crippen LogP contribution in [0.2, 0.25) is 5.02 Å². The molecule has 3 aromatic rings. The SMILES string of the molecule is O=c1c2ccccc2ccn1Cc1ccc(Cl)cc1. The Bertz CT molecular complexity index is 775. The van der Waals surface area contributed by atoms with Crippen LogP contribution in [0.25, 0.3) is 10.8 Å². The predicted octanol–water partition coefficient (Wildman–Crippen LogP) is 3.70. The first-order chi connectivity index (χ1) is 9.24. The van der Waals surface area contributed by atoms with Crippen molar-refractivity contribution in [1.29, 1.82) is 0 Å². The highest BCUT2D eigenvalue weighted by Gasteiger charge is 2.02. The van der Waals surface area contributed by atoms with E-state index in [0.717, 1.165) is 16.3 Å². The molecule has 2 aromatic carbocycles. The lowest BCUT2D eigenvalue weighted by Gasteiger charge is -2.07. The Labute approximate surface area is 115 Å². The first-order valence-corrected chi connectivity index (χ1v) is 6.44. The molecule has 0 amide bonds. The van der Waals surface area contributed by atoms with Crippen molar-refractivity contribution in [3.05, 3.63) is 81.7 Å². The minimum atomic E-state index is 0.0352. The molecule has 0 fully saturated rings. The summed E-state index contributed by atoms with van der Waals surface area (Å²) < 4.78 is 1.71. The van der Waals surface area contributed by atoms with Crippen LogP contribution in [0.3, 0.4) is 0 Å². The monoisotopic (exact) mass is 269 g/mol. The van der Waals surface area contributed by atoms with Crippen LogP contribution >= 0.6 is 11.6 Å². The molecule has 1 heterocycles. The third-order valence-electron chi connectivity index (χ3n) is 3.15. The fourth-order valence-corrected chi connectivity index (χ4v) is 2.27. The van der Waals surface area contributed by atoms with E-state index < -0.39 is 0 Å². The minimum Gasteiger partial charge on any atom is -0.311 e. The van der Waals surface area contributed by atoms with Gasteiger partial charge in [0.05, 0.1) is 6.54 Å². The van der Waals surface area contributed by atoms with Gasteiger partial charge in [-0.05, 0) is 35.2 Å². The first kappa shape index (κ1) is 12.0. The largest absolute Gasteiger partial charge is 0.311 e. The van der Waals surface area contributed by atoms with E-state index in [2.05, 4.69) is 0 Å². The van der Waals surface area contributed by atoms with Gasteiger partial charge < -0.3 is 4.57 Å². The maximum absolute atomic E-state index is 12.3. The number of rotatable bonds is 2. The van der Waals surface area contributed by atoms with Gasteiger partial charge >= 0.3 is 0 Å². The van der Waals surface area contributed by atoms with Crippen LogP contribution in [0, 0.1) is 0 Å². The van der Waals surface area contributed by atoms with Crippen molar-refractivity contribution in [1.82, 2.24) is 4.57 Å². The molecular formula is C16H12ClNO. The van der Waals surface area contributed by atoms with Crippen molar-refractivity contribution >= 4 is 22.4 Å². The number of nitrogens with zero attached hydrogens (tertiary/aromatic N) is 1. The average molecular weight is 270 g/mol. The smallest absolute Gasteiger partial charge is 0.258 e. The van der Waals surface area contributed by atoms with Crippen molar-refractivity contribution in [3.8, 4) is 0 Å². The van der Waals surface area contributed by atoms with Crippen LogP contribution in [0.15, 0.2) is 65.6 Å². The van der Waals surface area contributed by atoms with E-state index in [1.54, 1.807) is 4.57 Å². The van der Waals surface area contributed by atoms with Gasteiger partial charge in [-0.25, -0.2) is 0 Å². The molecule has 0 saturated heterocycles. The maximum Gasteiger partial charge on any atom is 0.258 e. The molecule has 0 aliphatic carbocycles. The van der Waals surface area contributed by atoms with Gasteiger partial charge in [0.1, 0.15) is 0 Å². The van der Waals surface area contributed by atoms with E-state index in [-0.39, 0.29) is 5.56 Å². The standard InChI is InChI=1S/C16H12ClNO/c17-14-7-5-12(6-8-14)11-18-10-9-13-3-1-2-4-15(13)16(18)19/h1-10H,11H2. The molecule has 0 bridgehead atoms. The Kier molecular flexibility index (Phi) is 3.10. The molecule has 0 radical (unpaired) electrons. The van der Waals surface area contributed by atoms with Crippen LogP contribution in [0.4, 0.5) is 0 Å². The fourth-order valence-electron chi connectivity index (χ4n) is 2.14. The maximum atomic E-state index is 12.3. The van der Waals surface area contributed by atoms with Crippen LogP contribution in [-0.4, -0.2) is 4.57 Å². The molecule has 0 spiro atoms. The van der Waals surface area contributed by atoms with E-state index in [1.807, 2.05) is 60.8 Å². The Balaban J connectivity index is 2.04. The van der Waals surface area contributed by atoms with Crippen molar-refractivity contribution < 1.29 is 0 Å². The molecule has 0 aliphatic heterocycles. The molecule has 19 heavy (non-hydrogen) atoms. The first-order valence-electron chi connectivity index (χ1n) is 6.07. The van der Waals surface area contributed by atoms with Gasteiger partial charge in [0.25, 0.3) is 5.56 Å². The quantitative estimate of drug-likeness (QED) is 0.695. The lowest BCUT2D eigenvalue weighted by Crippen LogP contribution is -2.19. The highest BCUT2D eigenvalue weighted by molar-refractivity contribution is 6.30. The van der Waals surface area contributed by atoms with E-state index in [1.165, 1.54) is 0 Å². The zero-order chi connectivity index (χ0) is 13.2. The topological polar surface area (TPSA) is 22.0 Å². The van der Waals surface area contributed by atoms with E-state index >= 15 is 0 Å². The number of hydrogen-bond donors (Lipinski definition) is 0. The normalized spacial score (nSPS) is 10.8. The molecule has 3 rings (SSSR count). The summed E-state index contributed by atoms with van der Waals surface area (Å²) in [6, 6.07) is 17.1. The number of pyridine rings is 1. The zero-order valence-electron chi connectivity index (χ0n) is 10.2. The molecule has 0 atom stereocenters. The van der Waals surface area contributed by atoms with Gasteiger partial charge in [-0.1, -0.05) is 41.9 Å². The van der Waals surface area contributed by atoms with Crippen LogP contribution < -0.4 is 5.56 Å². The minimum absolute atomic E-state index is 0.0352.